The van der Waals surface area contributed by atoms with Gasteiger partial charge in [-0.15, -0.1) is 0 Å². The lowest BCUT2D eigenvalue weighted by Gasteiger charge is -2.29. The quantitative estimate of drug-likeness (QED) is 0.733. The van der Waals surface area contributed by atoms with Crippen molar-refractivity contribution in [3.63, 3.8) is 0 Å². The Morgan fingerprint density at radius 1 is 1.44 bits per heavy atom. The fourth-order valence-electron chi connectivity index (χ4n) is 2.18. The van der Waals surface area contributed by atoms with E-state index in [-0.39, 0.29) is 12.5 Å². The monoisotopic (exact) mass is 228 g/mol. The largest absolute Gasteiger partial charge is 0.375 e. The second-order valence-electron chi connectivity index (χ2n) is 4.47. The van der Waals surface area contributed by atoms with Gasteiger partial charge in [-0.2, -0.15) is 0 Å². The number of hydrogen-bond acceptors (Lipinski definition) is 3. The molecule has 0 unspecified atom stereocenters. The van der Waals surface area contributed by atoms with Crippen molar-refractivity contribution in [1.82, 2.24) is 10.2 Å². The highest BCUT2D eigenvalue weighted by Gasteiger charge is 2.19. The first kappa shape index (κ1) is 13.5. The third-order valence-corrected chi connectivity index (χ3v) is 3.05. The molecule has 0 radical (unpaired) electrons. The van der Waals surface area contributed by atoms with Crippen LogP contribution in [0.1, 0.15) is 26.2 Å². The maximum Gasteiger partial charge on any atom is 0.248 e. The molecule has 0 aromatic rings. The summed E-state index contributed by atoms with van der Waals surface area (Å²) in [7, 11) is 1.58. The van der Waals surface area contributed by atoms with Crippen molar-refractivity contribution in [2.75, 3.05) is 39.9 Å². The molecule has 1 N–H and O–H groups in total. The smallest absolute Gasteiger partial charge is 0.248 e. The van der Waals surface area contributed by atoms with Crippen LogP contribution in [0.5, 0.6) is 0 Å². The van der Waals surface area contributed by atoms with Crippen LogP contribution in [0.15, 0.2) is 0 Å². The predicted octanol–water partition coefficient (Wildman–Crippen LogP) is 0.871. The minimum atomic E-state index is 0.128. The van der Waals surface area contributed by atoms with Crippen molar-refractivity contribution in [1.29, 1.82) is 0 Å². The Morgan fingerprint density at radius 3 is 2.69 bits per heavy atom. The van der Waals surface area contributed by atoms with E-state index in [2.05, 4.69) is 12.2 Å². The number of hydrogen-bond donors (Lipinski definition) is 1. The van der Waals surface area contributed by atoms with Gasteiger partial charge in [-0.3, -0.25) is 4.79 Å². The summed E-state index contributed by atoms with van der Waals surface area (Å²) in [6.07, 6.45) is 3.38. The van der Waals surface area contributed by atoms with Crippen LogP contribution in [0.2, 0.25) is 0 Å². The fourth-order valence-corrected chi connectivity index (χ4v) is 2.18. The summed E-state index contributed by atoms with van der Waals surface area (Å²) < 4.78 is 4.92. The van der Waals surface area contributed by atoms with Gasteiger partial charge in [0.05, 0.1) is 0 Å². The van der Waals surface area contributed by atoms with Crippen molar-refractivity contribution < 1.29 is 9.53 Å². The molecule has 0 aliphatic carbocycles. The normalized spacial score (nSPS) is 17.4. The molecule has 0 saturated carbocycles. The van der Waals surface area contributed by atoms with Crippen molar-refractivity contribution >= 4 is 5.91 Å². The molecule has 0 aromatic carbocycles. The fraction of sp³-hybridized carbons (Fsp3) is 0.917. The summed E-state index contributed by atoms with van der Waals surface area (Å²) in [6, 6.07) is 0. The van der Waals surface area contributed by atoms with E-state index < -0.39 is 0 Å². The van der Waals surface area contributed by atoms with Crippen molar-refractivity contribution in [2.45, 2.75) is 26.2 Å². The van der Waals surface area contributed by atoms with Crippen molar-refractivity contribution in [2.24, 2.45) is 5.92 Å². The Labute approximate surface area is 98.3 Å². The van der Waals surface area contributed by atoms with E-state index >= 15 is 0 Å². The number of nitrogens with one attached hydrogen (secondary N) is 1. The Kier molecular flexibility index (Phi) is 6.42. The molecule has 1 saturated heterocycles. The van der Waals surface area contributed by atoms with E-state index in [1.165, 1.54) is 12.8 Å². The van der Waals surface area contributed by atoms with Crippen LogP contribution < -0.4 is 5.32 Å². The zero-order valence-electron chi connectivity index (χ0n) is 10.5. The van der Waals surface area contributed by atoms with Gasteiger partial charge >= 0.3 is 0 Å². The predicted molar refractivity (Wildman–Crippen MR) is 64.3 cm³/mol. The zero-order chi connectivity index (χ0) is 11.8. The number of rotatable bonds is 6. The molecular formula is C12H24N2O2. The highest BCUT2D eigenvalue weighted by molar-refractivity contribution is 5.77. The number of ether oxygens (including phenoxy) is 1. The molecule has 1 aliphatic rings. The molecule has 4 heteroatoms. The average Bonchev–Trinajstić information content (AvgIpc) is 2.30. The van der Waals surface area contributed by atoms with E-state index in [1.54, 1.807) is 7.11 Å². The van der Waals surface area contributed by atoms with Gasteiger partial charge in [0, 0.05) is 20.2 Å². The second-order valence-corrected chi connectivity index (χ2v) is 4.47. The average molecular weight is 228 g/mol. The van der Waals surface area contributed by atoms with Crippen LogP contribution in [-0.4, -0.2) is 50.7 Å². The molecule has 1 fully saturated rings. The molecule has 16 heavy (non-hydrogen) atoms. The van der Waals surface area contributed by atoms with Crippen LogP contribution in [-0.2, 0) is 9.53 Å². The molecular weight excluding hydrogens is 204 g/mol. The third kappa shape index (κ3) is 4.49. The number of carbonyl (C=O) groups excluding carboxylic acids is 1. The molecule has 94 valence electrons. The van der Waals surface area contributed by atoms with Gasteiger partial charge in [0.15, 0.2) is 0 Å². The van der Waals surface area contributed by atoms with Crippen LogP contribution in [0, 0.1) is 5.92 Å². The summed E-state index contributed by atoms with van der Waals surface area (Å²) in [5.41, 5.74) is 0. The Hall–Kier alpha value is -0.610. The Morgan fingerprint density at radius 2 is 2.12 bits per heavy atom. The summed E-state index contributed by atoms with van der Waals surface area (Å²) in [5.74, 6) is 0.788. The molecule has 1 rings (SSSR count). The zero-order valence-corrected chi connectivity index (χ0v) is 10.5. The molecule has 1 aliphatic heterocycles. The summed E-state index contributed by atoms with van der Waals surface area (Å²) in [6.45, 7) is 6.25. The van der Waals surface area contributed by atoms with Crippen LogP contribution in [0.25, 0.3) is 0 Å². The van der Waals surface area contributed by atoms with E-state index in [9.17, 15) is 4.79 Å². The van der Waals surface area contributed by atoms with Gasteiger partial charge < -0.3 is 15.0 Å². The van der Waals surface area contributed by atoms with Crippen LogP contribution in [0.4, 0.5) is 0 Å². The Balaban J connectivity index is 2.39. The van der Waals surface area contributed by atoms with Crippen molar-refractivity contribution in [3.05, 3.63) is 0 Å². The molecule has 0 bridgehead atoms. The number of amides is 1. The molecule has 0 atom stereocenters. The van der Waals surface area contributed by atoms with Crippen LogP contribution in [0.3, 0.4) is 0 Å². The first-order valence-corrected chi connectivity index (χ1v) is 6.25. The number of methoxy groups -OCH3 is 1. The highest BCUT2D eigenvalue weighted by atomic mass is 16.5. The van der Waals surface area contributed by atoms with Gasteiger partial charge in [-0.05, 0) is 38.3 Å². The molecule has 4 nitrogen and oxygen atoms in total. The molecule has 0 aromatic heterocycles. The summed E-state index contributed by atoms with van der Waals surface area (Å²) in [4.78, 5) is 13.7. The highest BCUT2D eigenvalue weighted by Crippen LogP contribution is 2.13. The topological polar surface area (TPSA) is 41.6 Å². The van der Waals surface area contributed by atoms with Crippen molar-refractivity contribution in [3.8, 4) is 0 Å². The maximum absolute atomic E-state index is 11.8. The minimum Gasteiger partial charge on any atom is -0.375 e. The molecule has 1 amide bonds. The lowest BCUT2D eigenvalue weighted by atomic mass is 9.97. The summed E-state index contributed by atoms with van der Waals surface area (Å²) >= 11 is 0. The standard InChI is InChI=1S/C12H24N2O2/c1-3-8-14(12(15)10-16-2)9-11-4-6-13-7-5-11/h11,13H,3-10H2,1-2H3. The van der Waals surface area contributed by atoms with E-state index in [0.717, 1.165) is 32.6 Å². The van der Waals surface area contributed by atoms with E-state index in [1.807, 2.05) is 4.90 Å². The number of carbonyl (C=O) groups is 1. The van der Waals surface area contributed by atoms with Gasteiger partial charge in [0.25, 0.3) is 0 Å². The molecule has 1 heterocycles. The first-order chi connectivity index (χ1) is 7.77. The van der Waals surface area contributed by atoms with E-state index in [0.29, 0.717) is 5.92 Å². The maximum atomic E-state index is 11.8. The van der Waals surface area contributed by atoms with Gasteiger partial charge in [-0.1, -0.05) is 6.92 Å². The van der Waals surface area contributed by atoms with E-state index in [4.69, 9.17) is 4.74 Å². The Bertz CT molecular complexity index is 203. The van der Waals surface area contributed by atoms with Gasteiger partial charge in [-0.25, -0.2) is 0 Å². The third-order valence-electron chi connectivity index (χ3n) is 3.05. The SMILES string of the molecule is CCCN(CC1CCNCC1)C(=O)COC. The second kappa shape index (κ2) is 7.63. The number of nitrogens with zero attached hydrogens (tertiary/aromatic N) is 1. The number of piperidine rings is 1. The summed E-state index contributed by atoms with van der Waals surface area (Å²) in [5, 5.41) is 3.35. The minimum absolute atomic E-state index is 0.128. The first-order valence-electron chi connectivity index (χ1n) is 6.25. The van der Waals surface area contributed by atoms with Gasteiger partial charge in [0.2, 0.25) is 5.91 Å². The lowest BCUT2D eigenvalue weighted by Crippen LogP contribution is -2.41. The molecule has 0 spiro atoms. The van der Waals surface area contributed by atoms with Crippen LogP contribution >= 0.6 is 0 Å². The lowest BCUT2D eigenvalue weighted by molar-refractivity contribution is -0.136. The van der Waals surface area contributed by atoms with Gasteiger partial charge in [0.1, 0.15) is 6.61 Å².